The third kappa shape index (κ3) is 4.55. The zero-order chi connectivity index (χ0) is 14.4. The minimum Gasteiger partial charge on any atom is -0.481 e. The fraction of sp³-hybridized carbons (Fsp3) is 0.429. The number of carboxylic acids is 1. The lowest BCUT2D eigenvalue weighted by Gasteiger charge is -2.26. The number of carboxylic acid groups (broad SMARTS) is 1. The Hall–Kier alpha value is -2.08. The first-order valence-corrected chi connectivity index (χ1v) is 6.77. The van der Waals surface area contributed by atoms with Gasteiger partial charge >= 0.3 is 12.0 Å². The van der Waals surface area contributed by atoms with Crippen molar-refractivity contribution in [1.82, 2.24) is 10.4 Å². The summed E-state index contributed by atoms with van der Waals surface area (Å²) in [6.45, 7) is 1.74. The van der Waals surface area contributed by atoms with Crippen LogP contribution in [0.1, 0.15) is 24.8 Å². The highest BCUT2D eigenvalue weighted by molar-refractivity contribution is 5.89. The summed E-state index contributed by atoms with van der Waals surface area (Å²) in [4.78, 5) is 22.5. The van der Waals surface area contributed by atoms with Crippen LogP contribution >= 0.6 is 0 Å². The summed E-state index contributed by atoms with van der Waals surface area (Å²) in [5.41, 5.74) is 4.05. The molecule has 1 aliphatic rings. The van der Waals surface area contributed by atoms with Gasteiger partial charge in [-0.25, -0.2) is 9.80 Å². The van der Waals surface area contributed by atoms with Crippen molar-refractivity contribution in [2.75, 3.05) is 18.4 Å². The molecule has 1 heterocycles. The van der Waals surface area contributed by atoms with E-state index in [2.05, 4.69) is 10.7 Å². The molecule has 2 amide bonds. The van der Waals surface area contributed by atoms with Gasteiger partial charge in [-0.3, -0.25) is 10.2 Å². The van der Waals surface area contributed by atoms with Crippen LogP contribution in [0.15, 0.2) is 24.3 Å². The third-order valence-electron chi connectivity index (χ3n) is 3.16. The first-order chi connectivity index (χ1) is 9.63. The van der Waals surface area contributed by atoms with Crippen LogP contribution in [0.2, 0.25) is 0 Å². The summed E-state index contributed by atoms with van der Waals surface area (Å²) in [5.74, 6) is -0.889. The van der Waals surface area contributed by atoms with E-state index in [1.165, 1.54) is 6.42 Å². The number of hydrazine groups is 1. The molecule has 0 radical (unpaired) electrons. The summed E-state index contributed by atoms with van der Waals surface area (Å²) < 4.78 is 0. The number of carbonyl (C=O) groups is 2. The average Bonchev–Trinajstić information content (AvgIpc) is 2.39. The van der Waals surface area contributed by atoms with Gasteiger partial charge in [0.05, 0.1) is 6.42 Å². The van der Waals surface area contributed by atoms with Crippen molar-refractivity contribution in [3.8, 4) is 0 Å². The molecule has 0 atom stereocenters. The van der Waals surface area contributed by atoms with Gasteiger partial charge < -0.3 is 10.4 Å². The molecule has 108 valence electrons. The van der Waals surface area contributed by atoms with Crippen molar-refractivity contribution in [3.63, 3.8) is 0 Å². The van der Waals surface area contributed by atoms with Crippen molar-refractivity contribution >= 4 is 17.7 Å². The monoisotopic (exact) mass is 277 g/mol. The molecule has 1 aliphatic heterocycles. The van der Waals surface area contributed by atoms with Gasteiger partial charge in [0.1, 0.15) is 0 Å². The molecule has 1 saturated heterocycles. The van der Waals surface area contributed by atoms with Gasteiger partial charge in [0, 0.05) is 18.8 Å². The third-order valence-corrected chi connectivity index (χ3v) is 3.16. The van der Waals surface area contributed by atoms with Crippen molar-refractivity contribution in [2.45, 2.75) is 25.7 Å². The number of benzene rings is 1. The van der Waals surface area contributed by atoms with E-state index in [0.717, 1.165) is 25.9 Å². The minimum atomic E-state index is -0.889. The van der Waals surface area contributed by atoms with Crippen LogP contribution < -0.4 is 10.7 Å². The van der Waals surface area contributed by atoms with Crippen LogP contribution in [0.4, 0.5) is 10.5 Å². The molecule has 6 heteroatoms. The molecule has 0 unspecified atom stereocenters. The number of aliphatic carboxylic acids is 1. The number of nitrogens with zero attached hydrogens (tertiary/aromatic N) is 1. The highest BCUT2D eigenvalue weighted by Crippen LogP contribution is 2.11. The SMILES string of the molecule is O=C(O)Cc1cccc(NC(=O)NN2CCCCC2)c1. The van der Waals surface area contributed by atoms with Gasteiger partial charge in [-0.05, 0) is 30.5 Å². The second kappa shape index (κ2) is 6.91. The van der Waals surface area contributed by atoms with E-state index in [9.17, 15) is 9.59 Å². The van der Waals surface area contributed by atoms with E-state index in [0.29, 0.717) is 11.3 Å². The van der Waals surface area contributed by atoms with E-state index < -0.39 is 5.97 Å². The van der Waals surface area contributed by atoms with Crippen LogP contribution in [0.3, 0.4) is 0 Å². The molecular formula is C14H19N3O3. The molecule has 20 heavy (non-hydrogen) atoms. The lowest BCUT2D eigenvalue weighted by atomic mass is 10.1. The lowest BCUT2D eigenvalue weighted by Crippen LogP contribution is -2.46. The van der Waals surface area contributed by atoms with E-state index in [-0.39, 0.29) is 12.5 Å². The fourth-order valence-corrected chi connectivity index (χ4v) is 2.24. The maximum atomic E-state index is 11.8. The normalized spacial score (nSPS) is 15.6. The molecule has 0 aliphatic carbocycles. The maximum Gasteiger partial charge on any atom is 0.333 e. The number of anilines is 1. The Kier molecular flexibility index (Phi) is 4.95. The first-order valence-electron chi connectivity index (χ1n) is 6.77. The Balaban J connectivity index is 1.88. The summed E-state index contributed by atoms with van der Waals surface area (Å²) >= 11 is 0. The summed E-state index contributed by atoms with van der Waals surface area (Å²) in [6.07, 6.45) is 3.34. The van der Waals surface area contributed by atoms with Crippen molar-refractivity contribution in [1.29, 1.82) is 0 Å². The Bertz CT molecular complexity index is 484. The Morgan fingerprint density at radius 1 is 1.20 bits per heavy atom. The number of carbonyl (C=O) groups excluding carboxylic acids is 1. The molecule has 1 aromatic carbocycles. The van der Waals surface area contributed by atoms with Crippen LogP contribution in [-0.2, 0) is 11.2 Å². The molecule has 3 N–H and O–H groups in total. The number of piperidine rings is 1. The lowest BCUT2D eigenvalue weighted by molar-refractivity contribution is -0.136. The maximum absolute atomic E-state index is 11.8. The zero-order valence-electron chi connectivity index (χ0n) is 11.3. The Morgan fingerprint density at radius 3 is 2.65 bits per heavy atom. The van der Waals surface area contributed by atoms with Crippen LogP contribution in [0, 0.1) is 0 Å². The highest BCUT2D eigenvalue weighted by atomic mass is 16.4. The largest absolute Gasteiger partial charge is 0.481 e. The quantitative estimate of drug-likeness (QED) is 0.784. The first kappa shape index (κ1) is 14.3. The van der Waals surface area contributed by atoms with Gasteiger partial charge in [-0.15, -0.1) is 0 Å². The molecule has 0 bridgehead atoms. The van der Waals surface area contributed by atoms with Gasteiger partial charge in [0.15, 0.2) is 0 Å². The van der Waals surface area contributed by atoms with E-state index in [1.807, 2.05) is 5.01 Å². The van der Waals surface area contributed by atoms with Gasteiger partial charge in [-0.2, -0.15) is 0 Å². The number of urea groups is 1. The number of amides is 2. The number of hydrogen-bond acceptors (Lipinski definition) is 3. The minimum absolute atomic E-state index is 0.0523. The van der Waals surface area contributed by atoms with Gasteiger partial charge in [-0.1, -0.05) is 18.6 Å². The van der Waals surface area contributed by atoms with Gasteiger partial charge in [0.2, 0.25) is 0 Å². The fourth-order valence-electron chi connectivity index (χ4n) is 2.24. The van der Waals surface area contributed by atoms with E-state index in [4.69, 9.17) is 5.11 Å². The molecule has 6 nitrogen and oxygen atoms in total. The number of hydrogen-bond donors (Lipinski definition) is 3. The molecule has 0 aromatic heterocycles. The van der Waals surface area contributed by atoms with Crippen LogP contribution in [-0.4, -0.2) is 35.2 Å². The standard InChI is InChI=1S/C14H19N3O3/c18-13(19)10-11-5-4-6-12(9-11)15-14(20)16-17-7-2-1-3-8-17/h4-6,9H,1-3,7-8,10H2,(H,18,19)(H2,15,16,20). The average molecular weight is 277 g/mol. The predicted molar refractivity (Wildman–Crippen MR) is 75.4 cm³/mol. The molecule has 2 rings (SSSR count). The van der Waals surface area contributed by atoms with E-state index in [1.54, 1.807) is 24.3 Å². The van der Waals surface area contributed by atoms with Crippen LogP contribution in [0.5, 0.6) is 0 Å². The summed E-state index contributed by atoms with van der Waals surface area (Å²) in [6, 6.07) is 6.57. The molecule has 0 saturated carbocycles. The van der Waals surface area contributed by atoms with Crippen LogP contribution in [0.25, 0.3) is 0 Å². The zero-order valence-corrected chi connectivity index (χ0v) is 11.3. The summed E-state index contributed by atoms with van der Waals surface area (Å²) in [5, 5.41) is 13.4. The smallest absolute Gasteiger partial charge is 0.333 e. The number of rotatable bonds is 4. The second-order valence-electron chi connectivity index (χ2n) is 4.88. The molecule has 1 fully saturated rings. The van der Waals surface area contributed by atoms with Gasteiger partial charge in [0.25, 0.3) is 0 Å². The second-order valence-corrected chi connectivity index (χ2v) is 4.88. The van der Waals surface area contributed by atoms with E-state index >= 15 is 0 Å². The molecule has 0 spiro atoms. The van der Waals surface area contributed by atoms with Crippen molar-refractivity contribution in [3.05, 3.63) is 29.8 Å². The topological polar surface area (TPSA) is 81.7 Å². The molecular weight excluding hydrogens is 258 g/mol. The van der Waals surface area contributed by atoms with Crippen molar-refractivity contribution in [2.24, 2.45) is 0 Å². The number of nitrogens with one attached hydrogen (secondary N) is 2. The Morgan fingerprint density at radius 2 is 1.95 bits per heavy atom. The highest BCUT2D eigenvalue weighted by Gasteiger charge is 2.12. The summed E-state index contributed by atoms with van der Waals surface area (Å²) in [7, 11) is 0. The Labute approximate surface area is 117 Å². The molecule has 1 aromatic rings. The predicted octanol–water partition coefficient (Wildman–Crippen LogP) is 1.84. The van der Waals surface area contributed by atoms with Crippen molar-refractivity contribution < 1.29 is 14.7 Å².